The van der Waals surface area contributed by atoms with Crippen molar-refractivity contribution in [1.29, 1.82) is 0 Å². The highest BCUT2D eigenvalue weighted by Gasteiger charge is 2.41. The number of aliphatic hydroxyl groups is 2. The molecule has 0 bridgehead atoms. The fourth-order valence-electron chi connectivity index (χ4n) is 1.97. The largest absolute Gasteiger partial charge is 0.394 e. The van der Waals surface area contributed by atoms with Crippen LogP contribution in [0, 0.1) is 11.8 Å². The molecule has 1 saturated carbocycles. The van der Waals surface area contributed by atoms with E-state index in [-0.39, 0.29) is 12.5 Å². The van der Waals surface area contributed by atoms with E-state index >= 15 is 0 Å². The van der Waals surface area contributed by atoms with Crippen molar-refractivity contribution in [3.63, 3.8) is 0 Å². The van der Waals surface area contributed by atoms with E-state index in [0.29, 0.717) is 19.1 Å². The third kappa shape index (κ3) is 3.04. The van der Waals surface area contributed by atoms with Crippen LogP contribution in [0.15, 0.2) is 30.3 Å². The molecule has 0 aliphatic heterocycles. The van der Waals surface area contributed by atoms with Gasteiger partial charge in [-0.1, -0.05) is 30.3 Å². The maximum Gasteiger partial charge on any atom is 0.0802 e. The Balaban J connectivity index is 1.64. The van der Waals surface area contributed by atoms with Crippen molar-refractivity contribution in [2.45, 2.75) is 19.1 Å². The Morgan fingerprint density at radius 1 is 1.31 bits per heavy atom. The first-order valence-electron chi connectivity index (χ1n) is 5.72. The minimum atomic E-state index is -0.565. The summed E-state index contributed by atoms with van der Waals surface area (Å²) >= 11 is 0. The van der Waals surface area contributed by atoms with E-state index in [0.717, 1.165) is 6.42 Å². The fourth-order valence-corrected chi connectivity index (χ4v) is 1.97. The molecule has 1 aliphatic carbocycles. The van der Waals surface area contributed by atoms with Gasteiger partial charge in [-0.3, -0.25) is 0 Å². The predicted molar refractivity (Wildman–Crippen MR) is 60.8 cm³/mol. The summed E-state index contributed by atoms with van der Waals surface area (Å²) in [6, 6.07) is 10.0. The molecule has 3 heteroatoms. The summed E-state index contributed by atoms with van der Waals surface area (Å²) in [5, 5.41) is 18.2. The van der Waals surface area contributed by atoms with Crippen LogP contribution in [0.5, 0.6) is 0 Å². The third-order valence-electron chi connectivity index (χ3n) is 3.10. The highest BCUT2D eigenvalue weighted by atomic mass is 16.5. The van der Waals surface area contributed by atoms with E-state index in [1.807, 2.05) is 30.3 Å². The summed E-state index contributed by atoms with van der Waals surface area (Å²) in [6.45, 7) is 1.16. The molecule has 2 rings (SSSR count). The van der Waals surface area contributed by atoms with Crippen LogP contribution >= 0.6 is 0 Å². The predicted octanol–water partition coefficient (Wildman–Crippen LogP) is 1.19. The minimum Gasteiger partial charge on any atom is -0.394 e. The second kappa shape index (κ2) is 5.43. The molecular weight excluding hydrogens is 204 g/mol. The standard InChI is InChI=1S/C13H18O3/c14-7-13(15)12-6-11(12)9-16-8-10-4-2-1-3-5-10/h1-5,11-15H,6-9H2/t11-,12+,13-/m1/s1. The van der Waals surface area contributed by atoms with Gasteiger partial charge in [0.05, 0.1) is 25.9 Å². The molecule has 88 valence electrons. The molecule has 3 nitrogen and oxygen atoms in total. The number of ether oxygens (including phenoxy) is 1. The number of benzene rings is 1. The molecular formula is C13H18O3. The van der Waals surface area contributed by atoms with E-state index in [4.69, 9.17) is 9.84 Å². The molecule has 1 aromatic rings. The number of rotatable bonds is 6. The Bertz CT molecular complexity index is 312. The summed E-state index contributed by atoms with van der Waals surface area (Å²) in [7, 11) is 0. The molecule has 3 atom stereocenters. The molecule has 0 amide bonds. The van der Waals surface area contributed by atoms with Gasteiger partial charge in [-0.15, -0.1) is 0 Å². The van der Waals surface area contributed by atoms with E-state index in [9.17, 15) is 5.11 Å². The lowest BCUT2D eigenvalue weighted by Gasteiger charge is -2.06. The van der Waals surface area contributed by atoms with Crippen LogP contribution < -0.4 is 0 Å². The van der Waals surface area contributed by atoms with Crippen molar-refractivity contribution >= 4 is 0 Å². The quantitative estimate of drug-likeness (QED) is 0.760. The van der Waals surface area contributed by atoms with Crippen molar-refractivity contribution in [3.8, 4) is 0 Å². The van der Waals surface area contributed by atoms with Gasteiger partial charge in [0.1, 0.15) is 0 Å². The van der Waals surface area contributed by atoms with Gasteiger partial charge in [0.15, 0.2) is 0 Å². The topological polar surface area (TPSA) is 49.7 Å². The molecule has 0 radical (unpaired) electrons. The Labute approximate surface area is 95.7 Å². The zero-order valence-corrected chi connectivity index (χ0v) is 9.25. The second-order valence-electron chi connectivity index (χ2n) is 4.41. The van der Waals surface area contributed by atoms with Crippen molar-refractivity contribution in [2.24, 2.45) is 11.8 Å². The van der Waals surface area contributed by atoms with E-state index in [2.05, 4.69) is 0 Å². The highest BCUT2D eigenvalue weighted by Crippen LogP contribution is 2.41. The number of aliphatic hydroxyl groups excluding tert-OH is 2. The van der Waals surface area contributed by atoms with Gasteiger partial charge >= 0.3 is 0 Å². The van der Waals surface area contributed by atoms with E-state index in [1.165, 1.54) is 5.56 Å². The smallest absolute Gasteiger partial charge is 0.0802 e. The first kappa shape index (κ1) is 11.6. The maximum absolute atomic E-state index is 9.38. The Morgan fingerprint density at radius 2 is 2.06 bits per heavy atom. The lowest BCUT2D eigenvalue weighted by molar-refractivity contribution is 0.0585. The van der Waals surface area contributed by atoms with Gasteiger partial charge < -0.3 is 14.9 Å². The number of hydrogen-bond donors (Lipinski definition) is 2. The van der Waals surface area contributed by atoms with Crippen LogP contribution in [-0.2, 0) is 11.3 Å². The van der Waals surface area contributed by atoms with Gasteiger partial charge in [0.2, 0.25) is 0 Å². The molecule has 1 aromatic carbocycles. The molecule has 16 heavy (non-hydrogen) atoms. The van der Waals surface area contributed by atoms with Crippen molar-refractivity contribution in [3.05, 3.63) is 35.9 Å². The molecule has 0 saturated heterocycles. The Kier molecular flexibility index (Phi) is 3.93. The second-order valence-corrected chi connectivity index (χ2v) is 4.41. The van der Waals surface area contributed by atoms with Crippen LogP contribution in [0.25, 0.3) is 0 Å². The van der Waals surface area contributed by atoms with Crippen LogP contribution in [0.1, 0.15) is 12.0 Å². The lowest BCUT2D eigenvalue weighted by atomic mass is 10.2. The summed E-state index contributed by atoms with van der Waals surface area (Å²) < 4.78 is 5.58. The maximum atomic E-state index is 9.38. The summed E-state index contributed by atoms with van der Waals surface area (Å²) in [5.41, 5.74) is 1.17. The normalized spacial score (nSPS) is 25.4. The molecule has 0 heterocycles. The lowest BCUT2D eigenvalue weighted by Crippen LogP contribution is -2.16. The van der Waals surface area contributed by atoms with Crippen molar-refractivity contribution < 1.29 is 14.9 Å². The first-order chi connectivity index (χ1) is 7.81. The van der Waals surface area contributed by atoms with Gasteiger partial charge in [-0.25, -0.2) is 0 Å². The van der Waals surface area contributed by atoms with E-state index in [1.54, 1.807) is 0 Å². The van der Waals surface area contributed by atoms with Gasteiger partial charge in [0, 0.05) is 0 Å². The van der Waals surface area contributed by atoms with Gasteiger partial charge in [0.25, 0.3) is 0 Å². The monoisotopic (exact) mass is 222 g/mol. The SMILES string of the molecule is OC[C@@H](O)[C@H]1C[C@@H]1COCc1ccccc1. The van der Waals surface area contributed by atoms with Crippen LogP contribution in [-0.4, -0.2) is 29.5 Å². The van der Waals surface area contributed by atoms with Gasteiger partial charge in [-0.05, 0) is 23.8 Å². The highest BCUT2D eigenvalue weighted by molar-refractivity contribution is 5.13. The zero-order chi connectivity index (χ0) is 11.4. The molecule has 0 spiro atoms. The average Bonchev–Trinajstić information content (AvgIpc) is 3.09. The van der Waals surface area contributed by atoms with E-state index < -0.39 is 6.10 Å². The zero-order valence-electron chi connectivity index (χ0n) is 9.25. The molecule has 0 aromatic heterocycles. The Hall–Kier alpha value is -0.900. The summed E-state index contributed by atoms with van der Waals surface area (Å²) in [5.74, 6) is 0.659. The molecule has 2 N–H and O–H groups in total. The summed E-state index contributed by atoms with van der Waals surface area (Å²) in [4.78, 5) is 0. The number of hydrogen-bond acceptors (Lipinski definition) is 3. The fraction of sp³-hybridized carbons (Fsp3) is 0.538. The van der Waals surface area contributed by atoms with Crippen LogP contribution in [0.3, 0.4) is 0 Å². The molecule has 1 aliphatic rings. The minimum absolute atomic E-state index is 0.139. The van der Waals surface area contributed by atoms with Gasteiger partial charge in [-0.2, -0.15) is 0 Å². The average molecular weight is 222 g/mol. The van der Waals surface area contributed by atoms with Crippen LogP contribution in [0.4, 0.5) is 0 Å². The first-order valence-corrected chi connectivity index (χ1v) is 5.72. The van der Waals surface area contributed by atoms with Crippen molar-refractivity contribution in [1.82, 2.24) is 0 Å². The molecule has 0 unspecified atom stereocenters. The van der Waals surface area contributed by atoms with Crippen LogP contribution in [0.2, 0.25) is 0 Å². The third-order valence-corrected chi connectivity index (χ3v) is 3.10. The summed E-state index contributed by atoms with van der Waals surface area (Å²) in [6.07, 6.45) is 0.404. The molecule has 1 fully saturated rings. The Morgan fingerprint density at radius 3 is 2.75 bits per heavy atom. The van der Waals surface area contributed by atoms with Crippen molar-refractivity contribution in [2.75, 3.05) is 13.2 Å².